The van der Waals surface area contributed by atoms with Crippen LogP contribution in [0.3, 0.4) is 0 Å². The van der Waals surface area contributed by atoms with E-state index in [2.05, 4.69) is 42.5 Å². The molecule has 0 fully saturated rings. The van der Waals surface area contributed by atoms with Gasteiger partial charge in [0.05, 0.1) is 0 Å². The van der Waals surface area contributed by atoms with Crippen LogP contribution in [0, 0.1) is 18.3 Å². The summed E-state index contributed by atoms with van der Waals surface area (Å²) in [6.45, 7) is 12.8. The summed E-state index contributed by atoms with van der Waals surface area (Å²) in [6.07, 6.45) is 3.22. The normalized spacial score (nSPS) is 13.9. The van der Waals surface area contributed by atoms with Crippen molar-refractivity contribution in [2.75, 3.05) is 6.54 Å². The molecule has 0 aromatic carbocycles. The molecular formula is C14H28N4. The number of hydrogen-bond donors (Lipinski definition) is 1. The molecule has 18 heavy (non-hydrogen) atoms. The van der Waals surface area contributed by atoms with Crippen LogP contribution in [0.2, 0.25) is 0 Å². The summed E-state index contributed by atoms with van der Waals surface area (Å²) in [5.41, 5.74) is 6.03. The van der Waals surface area contributed by atoms with Crippen molar-refractivity contribution < 1.29 is 0 Å². The van der Waals surface area contributed by atoms with E-state index >= 15 is 0 Å². The molecule has 1 rings (SSSR count). The zero-order valence-electron chi connectivity index (χ0n) is 12.5. The molecule has 0 amide bonds. The van der Waals surface area contributed by atoms with Crippen LogP contribution in [0.15, 0.2) is 0 Å². The third-order valence-electron chi connectivity index (χ3n) is 3.78. The first-order chi connectivity index (χ1) is 8.40. The van der Waals surface area contributed by atoms with E-state index in [0.717, 1.165) is 44.0 Å². The highest BCUT2D eigenvalue weighted by Crippen LogP contribution is 2.32. The molecule has 104 valence electrons. The lowest BCUT2D eigenvalue weighted by Crippen LogP contribution is -2.24. The number of rotatable bonds is 6. The van der Waals surface area contributed by atoms with Crippen molar-refractivity contribution in [3.8, 4) is 0 Å². The van der Waals surface area contributed by atoms with E-state index in [0.29, 0.717) is 11.3 Å². The third-order valence-corrected chi connectivity index (χ3v) is 3.78. The molecule has 0 radical (unpaired) electrons. The summed E-state index contributed by atoms with van der Waals surface area (Å²) in [4.78, 5) is 0. The molecule has 2 N–H and O–H groups in total. The third kappa shape index (κ3) is 3.80. The molecule has 0 aliphatic heterocycles. The molecule has 1 aromatic rings. The Kier molecular flexibility index (Phi) is 5.32. The van der Waals surface area contributed by atoms with Gasteiger partial charge in [-0.1, -0.05) is 20.8 Å². The smallest absolute Gasteiger partial charge is 0.132 e. The Labute approximate surface area is 111 Å². The first-order valence-corrected chi connectivity index (χ1v) is 6.98. The van der Waals surface area contributed by atoms with Gasteiger partial charge in [0.15, 0.2) is 0 Å². The number of aromatic nitrogens is 3. The molecule has 1 aromatic heterocycles. The Morgan fingerprint density at radius 1 is 1.22 bits per heavy atom. The van der Waals surface area contributed by atoms with Crippen LogP contribution < -0.4 is 5.73 Å². The zero-order valence-corrected chi connectivity index (χ0v) is 12.5. The fraction of sp³-hybridized carbons (Fsp3) is 0.857. The molecule has 0 saturated carbocycles. The quantitative estimate of drug-likeness (QED) is 0.846. The lowest BCUT2D eigenvalue weighted by molar-refractivity contribution is 0.213. The molecule has 0 bridgehead atoms. The fourth-order valence-electron chi connectivity index (χ4n) is 2.54. The average Bonchev–Trinajstić information content (AvgIpc) is 2.63. The van der Waals surface area contributed by atoms with E-state index in [9.17, 15) is 0 Å². The Morgan fingerprint density at radius 3 is 2.39 bits per heavy atom. The van der Waals surface area contributed by atoms with Crippen molar-refractivity contribution >= 4 is 0 Å². The van der Waals surface area contributed by atoms with Gasteiger partial charge in [-0.25, -0.2) is 0 Å². The molecular weight excluding hydrogens is 224 g/mol. The Balaban J connectivity index is 2.67. The predicted molar refractivity (Wildman–Crippen MR) is 75.4 cm³/mol. The predicted octanol–water partition coefficient (Wildman–Crippen LogP) is 2.55. The second kappa shape index (κ2) is 6.32. The van der Waals surface area contributed by atoms with Crippen LogP contribution in [-0.4, -0.2) is 21.3 Å². The van der Waals surface area contributed by atoms with E-state index in [4.69, 9.17) is 5.73 Å². The zero-order chi connectivity index (χ0) is 13.8. The van der Waals surface area contributed by atoms with Crippen molar-refractivity contribution in [2.45, 2.75) is 60.4 Å². The topological polar surface area (TPSA) is 56.7 Å². The first kappa shape index (κ1) is 15.2. The van der Waals surface area contributed by atoms with Gasteiger partial charge < -0.3 is 10.3 Å². The molecule has 1 heterocycles. The monoisotopic (exact) mass is 252 g/mol. The summed E-state index contributed by atoms with van der Waals surface area (Å²) in [6, 6.07) is 0. The fourth-order valence-corrected chi connectivity index (χ4v) is 2.54. The number of aryl methyl sites for hydroxylation is 2. The van der Waals surface area contributed by atoms with Crippen molar-refractivity contribution in [1.29, 1.82) is 0 Å². The summed E-state index contributed by atoms with van der Waals surface area (Å²) in [7, 11) is 0. The van der Waals surface area contributed by atoms with Gasteiger partial charge in [0.2, 0.25) is 0 Å². The van der Waals surface area contributed by atoms with Gasteiger partial charge in [0.25, 0.3) is 0 Å². The molecule has 0 saturated heterocycles. The molecule has 0 aliphatic carbocycles. The van der Waals surface area contributed by atoms with Gasteiger partial charge in [-0.3, -0.25) is 0 Å². The Bertz CT molecular complexity index is 362. The van der Waals surface area contributed by atoms with Crippen molar-refractivity contribution in [3.05, 3.63) is 11.6 Å². The lowest BCUT2D eigenvalue weighted by Gasteiger charge is -2.30. The van der Waals surface area contributed by atoms with Crippen LogP contribution >= 0.6 is 0 Å². The number of nitrogens with zero attached hydrogens (tertiary/aromatic N) is 3. The van der Waals surface area contributed by atoms with E-state index in [-0.39, 0.29) is 0 Å². The first-order valence-electron chi connectivity index (χ1n) is 6.98. The standard InChI is InChI=1S/C14H28N4/c1-6-18-11(2)16-17-13(18)8-7-12(9-10-15)14(3,4)5/h12H,6-10,15H2,1-5H3. The van der Waals surface area contributed by atoms with Crippen LogP contribution in [0.4, 0.5) is 0 Å². The molecule has 4 nitrogen and oxygen atoms in total. The van der Waals surface area contributed by atoms with E-state index in [1.807, 2.05) is 6.92 Å². The van der Waals surface area contributed by atoms with Crippen LogP contribution in [-0.2, 0) is 13.0 Å². The highest BCUT2D eigenvalue weighted by atomic mass is 15.3. The second-order valence-corrected chi connectivity index (χ2v) is 6.09. The summed E-state index contributed by atoms with van der Waals surface area (Å²) in [5.74, 6) is 2.77. The summed E-state index contributed by atoms with van der Waals surface area (Å²) >= 11 is 0. The van der Waals surface area contributed by atoms with Crippen LogP contribution in [0.5, 0.6) is 0 Å². The largest absolute Gasteiger partial charge is 0.330 e. The minimum absolute atomic E-state index is 0.311. The van der Waals surface area contributed by atoms with Gasteiger partial charge in [-0.15, -0.1) is 10.2 Å². The lowest BCUT2D eigenvalue weighted by atomic mass is 9.76. The van der Waals surface area contributed by atoms with Crippen LogP contribution in [0.25, 0.3) is 0 Å². The SMILES string of the molecule is CCn1c(C)nnc1CCC(CCN)C(C)(C)C. The molecule has 1 atom stereocenters. The Morgan fingerprint density at radius 2 is 1.89 bits per heavy atom. The van der Waals surface area contributed by atoms with Crippen molar-refractivity contribution in [2.24, 2.45) is 17.1 Å². The van der Waals surface area contributed by atoms with Gasteiger partial charge in [0.1, 0.15) is 11.6 Å². The highest BCUT2D eigenvalue weighted by Gasteiger charge is 2.24. The summed E-state index contributed by atoms with van der Waals surface area (Å²) < 4.78 is 2.20. The molecule has 0 spiro atoms. The van der Waals surface area contributed by atoms with E-state index < -0.39 is 0 Å². The minimum atomic E-state index is 0.311. The van der Waals surface area contributed by atoms with Crippen LogP contribution in [0.1, 0.15) is 52.2 Å². The molecule has 1 unspecified atom stereocenters. The number of hydrogen-bond acceptors (Lipinski definition) is 3. The van der Waals surface area contributed by atoms with Gasteiger partial charge in [0, 0.05) is 13.0 Å². The Hall–Kier alpha value is -0.900. The second-order valence-electron chi connectivity index (χ2n) is 6.09. The van der Waals surface area contributed by atoms with Gasteiger partial charge >= 0.3 is 0 Å². The van der Waals surface area contributed by atoms with Gasteiger partial charge in [-0.05, 0) is 44.6 Å². The van der Waals surface area contributed by atoms with Crippen molar-refractivity contribution in [3.63, 3.8) is 0 Å². The average molecular weight is 252 g/mol. The van der Waals surface area contributed by atoms with Gasteiger partial charge in [-0.2, -0.15) is 0 Å². The highest BCUT2D eigenvalue weighted by molar-refractivity contribution is 4.94. The maximum absolute atomic E-state index is 5.72. The summed E-state index contributed by atoms with van der Waals surface area (Å²) in [5, 5.41) is 8.44. The van der Waals surface area contributed by atoms with E-state index in [1.165, 1.54) is 0 Å². The van der Waals surface area contributed by atoms with Crippen molar-refractivity contribution in [1.82, 2.24) is 14.8 Å². The molecule has 4 heteroatoms. The van der Waals surface area contributed by atoms with E-state index in [1.54, 1.807) is 0 Å². The number of nitrogens with two attached hydrogens (primary N) is 1. The molecule has 0 aliphatic rings. The maximum atomic E-state index is 5.72. The minimum Gasteiger partial charge on any atom is -0.330 e. The maximum Gasteiger partial charge on any atom is 0.132 e.